The Hall–Kier alpha value is -1.89. The van der Waals surface area contributed by atoms with Crippen LogP contribution in [0.3, 0.4) is 0 Å². The summed E-state index contributed by atoms with van der Waals surface area (Å²) >= 11 is 0. The number of hydrazine groups is 1. The van der Waals surface area contributed by atoms with Crippen molar-refractivity contribution in [1.82, 2.24) is 10.4 Å². The fourth-order valence-electron chi connectivity index (χ4n) is 5.89. The van der Waals surface area contributed by atoms with Crippen molar-refractivity contribution in [1.29, 1.82) is 0 Å². The Balaban J connectivity index is 1.45. The average Bonchev–Trinajstić information content (AvgIpc) is 3.04. The highest BCUT2D eigenvalue weighted by molar-refractivity contribution is 5.85. The number of carbonyl (C=O) groups excluding carboxylic acids is 1. The molecule has 1 aromatic carbocycles. The normalized spacial score (nSPS) is 36.1. The van der Waals surface area contributed by atoms with Gasteiger partial charge in [0, 0.05) is 29.7 Å². The van der Waals surface area contributed by atoms with Gasteiger partial charge in [0.05, 0.1) is 30.8 Å². The number of rotatable bonds is 1. The summed E-state index contributed by atoms with van der Waals surface area (Å²) in [5, 5.41) is 11.8. The van der Waals surface area contributed by atoms with Gasteiger partial charge in [-0.3, -0.25) is 10.2 Å². The first kappa shape index (κ1) is 16.3. The molecule has 3 heterocycles. The second kappa shape index (κ2) is 6.08. The highest BCUT2D eigenvalue weighted by Gasteiger charge is 2.48. The van der Waals surface area contributed by atoms with Crippen LogP contribution >= 0.6 is 0 Å². The summed E-state index contributed by atoms with van der Waals surface area (Å²) in [7, 11) is 0. The molecule has 1 aliphatic carbocycles. The van der Waals surface area contributed by atoms with Crippen molar-refractivity contribution in [2.24, 2.45) is 23.6 Å². The van der Waals surface area contributed by atoms with Crippen LogP contribution in [0.25, 0.3) is 10.9 Å². The van der Waals surface area contributed by atoms with E-state index in [4.69, 9.17) is 5.84 Å². The molecule has 1 saturated carbocycles. The lowest BCUT2D eigenvalue weighted by molar-refractivity contribution is -0.945. The lowest BCUT2D eigenvalue weighted by Crippen LogP contribution is -3.15. The molecule has 6 atom stereocenters. The van der Waals surface area contributed by atoms with Crippen molar-refractivity contribution >= 4 is 16.8 Å². The molecule has 5 rings (SSSR count). The minimum absolute atomic E-state index is 0.222. The number of fused-ring (bicyclic) bond motifs is 6. The zero-order chi connectivity index (χ0) is 17.8. The number of H-pyrrole nitrogens is 1. The highest BCUT2D eigenvalue weighted by atomic mass is 16.3. The number of hydrogen-bond donors (Lipinski definition) is 5. The molecule has 2 aliphatic heterocycles. The third-order valence-corrected chi connectivity index (χ3v) is 7.16. The Bertz CT molecular complexity index is 847. The molecular weight excluding hydrogens is 328 g/mol. The van der Waals surface area contributed by atoms with E-state index in [0.29, 0.717) is 17.9 Å². The Kier molecular flexibility index (Phi) is 3.81. The van der Waals surface area contributed by atoms with E-state index >= 15 is 0 Å². The number of aliphatic hydroxyl groups is 1. The second-order valence-electron chi connectivity index (χ2n) is 8.39. The van der Waals surface area contributed by atoms with Crippen LogP contribution in [-0.2, 0) is 11.2 Å². The van der Waals surface area contributed by atoms with Crippen LogP contribution < -0.4 is 16.2 Å². The quantitative estimate of drug-likeness (QED) is 0.284. The topological polar surface area (TPSA) is 95.6 Å². The van der Waals surface area contributed by atoms with Gasteiger partial charge in [0.15, 0.2) is 0 Å². The van der Waals surface area contributed by atoms with Crippen LogP contribution in [0, 0.1) is 17.8 Å². The molecule has 2 aromatic rings. The molecule has 0 radical (unpaired) electrons. The van der Waals surface area contributed by atoms with Crippen LogP contribution in [-0.4, -0.2) is 35.2 Å². The first-order valence-electron chi connectivity index (χ1n) is 9.78. The number of carbonyl (C=O) groups is 1. The molecule has 26 heavy (non-hydrogen) atoms. The predicted octanol–water partition coefficient (Wildman–Crippen LogP) is 0.0469. The lowest BCUT2D eigenvalue weighted by atomic mass is 9.66. The third kappa shape index (κ3) is 2.40. The largest absolute Gasteiger partial charge is 0.392 e. The zero-order valence-electron chi connectivity index (χ0n) is 14.9. The van der Waals surface area contributed by atoms with Gasteiger partial charge in [-0.05, 0) is 30.4 Å². The van der Waals surface area contributed by atoms with E-state index in [0.717, 1.165) is 38.8 Å². The molecule has 3 aliphatic rings. The number of aromatic amines is 1. The van der Waals surface area contributed by atoms with Gasteiger partial charge in [-0.25, -0.2) is 5.84 Å². The van der Waals surface area contributed by atoms with Gasteiger partial charge in [0.1, 0.15) is 6.04 Å². The summed E-state index contributed by atoms with van der Waals surface area (Å²) in [5.41, 5.74) is 6.36. The van der Waals surface area contributed by atoms with E-state index in [1.165, 1.54) is 22.2 Å². The van der Waals surface area contributed by atoms with E-state index in [2.05, 4.69) is 34.7 Å². The number of para-hydroxylation sites is 1. The first-order valence-corrected chi connectivity index (χ1v) is 9.78. The van der Waals surface area contributed by atoms with E-state index in [1.54, 1.807) is 4.90 Å². The number of hydrogen-bond acceptors (Lipinski definition) is 3. The van der Waals surface area contributed by atoms with Crippen molar-refractivity contribution < 1.29 is 14.8 Å². The van der Waals surface area contributed by atoms with Crippen molar-refractivity contribution in [2.75, 3.05) is 13.1 Å². The van der Waals surface area contributed by atoms with E-state index in [1.807, 2.05) is 0 Å². The molecule has 0 spiro atoms. The summed E-state index contributed by atoms with van der Waals surface area (Å²) < 4.78 is 0. The molecule has 1 unspecified atom stereocenters. The van der Waals surface area contributed by atoms with Crippen molar-refractivity contribution in [2.45, 2.75) is 37.8 Å². The monoisotopic (exact) mass is 355 g/mol. The van der Waals surface area contributed by atoms with Gasteiger partial charge >= 0.3 is 0 Å². The van der Waals surface area contributed by atoms with Crippen LogP contribution in [0.5, 0.6) is 0 Å². The van der Waals surface area contributed by atoms with Crippen molar-refractivity contribution in [3.63, 3.8) is 0 Å². The number of piperidine rings is 1. The fourth-order valence-corrected chi connectivity index (χ4v) is 5.89. The van der Waals surface area contributed by atoms with E-state index in [-0.39, 0.29) is 11.8 Å². The van der Waals surface area contributed by atoms with Gasteiger partial charge in [-0.15, -0.1) is 0 Å². The van der Waals surface area contributed by atoms with Gasteiger partial charge in [-0.2, -0.15) is 0 Å². The maximum Gasteiger partial charge on any atom is 0.239 e. The third-order valence-electron chi connectivity index (χ3n) is 7.16. The van der Waals surface area contributed by atoms with Crippen molar-refractivity contribution in [3.8, 4) is 0 Å². The summed E-state index contributed by atoms with van der Waals surface area (Å²) in [6.07, 6.45) is 3.10. The Morgan fingerprint density at radius 2 is 2.08 bits per heavy atom. The van der Waals surface area contributed by atoms with Crippen LogP contribution in [0.4, 0.5) is 0 Å². The Morgan fingerprint density at radius 3 is 2.92 bits per heavy atom. The summed E-state index contributed by atoms with van der Waals surface area (Å²) in [6, 6.07) is 9.07. The van der Waals surface area contributed by atoms with Gasteiger partial charge in [-0.1, -0.05) is 18.2 Å². The lowest BCUT2D eigenvalue weighted by Gasteiger charge is -2.47. The van der Waals surface area contributed by atoms with Gasteiger partial charge in [0.25, 0.3) is 0 Å². The number of nitrogens with two attached hydrogens (primary N) is 1. The standard InChI is InChI=1S/C20H26N4O2/c21-23-20(26)15-7-11-8-17-19-14(13-3-1-2-4-16(13)22-19)5-6-24(17)10-12(11)9-18(15)25/h1-4,11-12,15,17-18,22,25H,5-10,21H2,(H,23,26)/p+1/t11-,12-,15+,17-,18-/m1/s1. The summed E-state index contributed by atoms with van der Waals surface area (Å²) in [4.78, 5) is 17.4. The average molecular weight is 355 g/mol. The number of aliphatic hydroxyl groups excluding tert-OH is 1. The van der Waals surface area contributed by atoms with Crippen LogP contribution in [0.1, 0.15) is 36.6 Å². The maximum atomic E-state index is 12.0. The summed E-state index contributed by atoms with van der Waals surface area (Å²) in [6.45, 7) is 2.25. The molecule has 6 heteroatoms. The maximum absolute atomic E-state index is 12.0. The first-order chi connectivity index (χ1) is 12.7. The molecule has 1 aromatic heterocycles. The number of amides is 1. The number of quaternary nitrogens is 1. The minimum atomic E-state index is -0.566. The molecular formula is C20H27N4O2+. The smallest absolute Gasteiger partial charge is 0.239 e. The van der Waals surface area contributed by atoms with Gasteiger partial charge < -0.3 is 15.0 Å². The Labute approximate surface area is 152 Å². The van der Waals surface area contributed by atoms with Crippen molar-refractivity contribution in [3.05, 3.63) is 35.5 Å². The van der Waals surface area contributed by atoms with E-state index in [9.17, 15) is 9.90 Å². The molecule has 2 fully saturated rings. The molecule has 0 bridgehead atoms. The fraction of sp³-hybridized carbons (Fsp3) is 0.550. The summed E-state index contributed by atoms with van der Waals surface area (Å²) in [5.74, 6) is 5.72. The molecule has 6 nitrogen and oxygen atoms in total. The van der Waals surface area contributed by atoms with Crippen LogP contribution in [0.15, 0.2) is 24.3 Å². The second-order valence-corrected chi connectivity index (χ2v) is 8.39. The molecule has 6 N–H and O–H groups in total. The zero-order valence-corrected chi connectivity index (χ0v) is 14.9. The number of nitrogens with one attached hydrogen (secondary N) is 3. The number of aromatic nitrogens is 1. The van der Waals surface area contributed by atoms with E-state index < -0.39 is 6.10 Å². The SMILES string of the molecule is NNC(=O)[C@H]1C[C@@H]2C[C@@H]3c4[nH]c5ccccc5c4CC[NH+]3C[C@H]2C[C@H]1O. The minimum Gasteiger partial charge on any atom is -0.392 e. The number of benzene rings is 1. The Morgan fingerprint density at radius 1 is 1.23 bits per heavy atom. The molecule has 1 saturated heterocycles. The molecule has 1 amide bonds. The highest BCUT2D eigenvalue weighted by Crippen LogP contribution is 2.42. The van der Waals surface area contributed by atoms with Gasteiger partial charge in [0.2, 0.25) is 5.91 Å². The van der Waals surface area contributed by atoms with Crippen LogP contribution in [0.2, 0.25) is 0 Å². The predicted molar refractivity (Wildman–Crippen MR) is 98.1 cm³/mol. The molecule has 138 valence electrons.